The molecule has 0 aromatic rings. The van der Waals surface area contributed by atoms with E-state index < -0.39 is 42.6 Å². The average molecular weight is 571 g/mol. The van der Waals surface area contributed by atoms with Gasteiger partial charge in [-0.15, -0.1) is 0 Å². The van der Waals surface area contributed by atoms with Crippen molar-refractivity contribution in [2.75, 3.05) is 0 Å². The van der Waals surface area contributed by atoms with Crippen LogP contribution >= 0.6 is 0 Å². The molecule has 234 valence electrons. The first-order valence-corrected chi connectivity index (χ1v) is 16.0. The van der Waals surface area contributed by atoms with Crippen molar-refractivity contribution in [3.8, 4) is 0 Å². The molecule has 0 saturated carbocycles. The van der Waals surface area contributed by atoms with E-state index in [4.69, 9.17) is 9.47 Å². The summed E-state index contributed by atoms with van der Waals surface area (Å²) in [5, 5.41) is 41.4. The minimum absolute atomic E-state index is 0.00949. The molecule has 8 nitrogen and oxygen atoms in total. The number of unbranched alkanes of at least 4 members (excludes halogenated alkanes) is 12. The van der Waals surface area contributed by atoms with Crippen LogP contribution in [0, 0.1) is 0 Å². The summed E-state index contributed by atoms with van der Waals surface area (Å²) >= 11 is 0. The van der Waals surface area contributed by atoms with Gasteiger partial charge in [0.15, 0.2) is 0 Å². The SMILES string of the molecule is CCCCCCCCCCCCCCC[C@@H](C[C@H](O)C[C@H](O)C[C@H](O)C[C@H](O)C[C@@H]1CC=CC(=O)O1)OC(C)=O. The van der Waals surface area contributed by atoms with Gasteiger partial charge in [-0.3, -0.25) is 4.79 Å². The third-order valence-corrected chi connectivity index (χ3v) is 7.60. The summed E-state index contributed by atoms with van der Waals surface area (Å²) in [7, 11) is 0. The molecule has 1 aliphatic rings. The van der Waals surface area contributed by atoms with Crippen molar-refractivity contribution >= 4 is 11.9 Å². The summed E-state index contributed by atoms with van der Waals surface area (Å²) in [5.41, 5.74) is 0. The lowest BCUT2D eigenvalue weighted by Crippen LogP contribution is -2.30. The molecule has 40 heavy (non-hydrogen) atoms. The second-order valence-corrected chi connectivity index (χ2v) is 11.8. The first-order valence-electron chi connectivity index (χ1n) is 16.0. The van der Waals surface area contributed by atoms with E-state index in [0.717, 1.165) is 19.3 Å². The van der Waals surface area contributed by atoms with Gasteiger partial charge < -0.3 is 29.9 Å². The Bertz CT molecular complexity index is 682. The number of cyclic esters (lactones) is 1. The summed E-state index contributed by atoms with van der Waals surface area (Å²) in [4.78, 5) is 22.9. The molecular formula is C32H58O8. The lowest BCUT2D eigenvalue weighted by molar-refractivity contribution is -0.148. The molecular weight excluding hydrogens is 512 g/mol. The van der Waals surface area contributed by atoms with Crippen LogP contribution in [-0.4, -0.2) is 69.0 Å². The van der Waals surface area contributed by atoms with Crippen molar-refractivity contribution in [2.45, 2.75) is 179 Å². The highest BCUT2D eigenvalue weighted by atomic mass is 16.5. The minimum atomic E-state index is -0.957. The number of aliphatic hydroxyl groups excluding tert-OH is 4. The fourth-order valence-electron chi connectivity index (χ4n) is 5.50. The molecule has 0 aromatic carbocycles. The highest BCUT2D eigenvalue weighted by Crippen LogP contribution is 2.20. The van der Waals surface area contributed by atoms with Crippen molar-refractivity contribution < 1.29 is 39.5 Å². The third-order valence-electron chi connectivity index (χ3n) is 7.60. The Kier molecular flexibility index (Phi) is 21.1. The normalized spacial score (nSPS) is 19.1. The van der Waals surface area contributed by atoms with E-state index in [-0.39, 0.29) is 38.1 Å². The highest BCUT2D eigenvalue weighted by Gasteiger charge is 2.25. The monoisotopic (exact) mass is 570 g/mol. The Labute approximate surface area is 242 Å². The van der Waals surface area contributed by atoms with Gasteiger partial charge in [0.1, 0.15) is 12.2 Å². The maximum Gasteiger partial charge on any atom is 0.330 e. The lowest BCUT2D eigenvalue weighted by atomic mass is 9.95. The van der Waals surface area contributed by atoms with E-state index in [1.165, 1.54) is 77.2 Å². The number of aliphatic hydroxyl groups is 4. The molecule has 1 rings (SSSR count). The smallest absolute Gasteiger partial charge is 0.330 e. The van der Waals surface area contributed by atoms with Gasteiger partial charge in [-0.05, 0) is 32.1 Å². The van der Waals surface area contributed by atoms with E-state index in [9.17, 15) is 30.0 Å². The number of carbonyl (C=O) groups is 2. The molecule has 0 unspecified atom stereocenters. The van der Waals surface area contributed by atoms with Gasteiger partial charge in [0.25, 0.3) is 0 Å². The van der Waals surface area contributed by atoms with Crippen LogP contribution in [0.3, 0.4) is 0 Å². The molecule has 6 atom stereocenters. The Balaban J connectivity index is 2.18. The number of rotatable bonds is 25. The summed E-state index contributed by atoms with van der Waals surface area (Å²) < 4.78 is 10.5. The van der Waals surface area contributed by atoms with Crippen molar-refractivity contribution in [3.63, 3.8) is 0 Å². The number of hydrogen-bond acceptors (Lipinski definition) is 8. The molecule has 8 heteroatoms. The fourth-order valence-corrected chi connectivity index (χ4v) is 5.50. The summed E-state index contributed by atoms with van der Waals surface area (Å²) in [6.45, 7) is 3.61. The standard InChI is InChI=1S/C32H58O8/c1-3-4-5-6-7-8-9-10-11-12-13-14-15-17-30(39-25(2)33)23-28(36)21-26(34)20-27(35)22-29(37)24-31-18-16-19-32(38)40-31/h16,19,26-31,34-37H,3-15,17-18,20-24H2,1-2H3/t26-,27+,28-,29+,30+,31+/m1/s1. The zero-order valence-electron chi connectivity index (χ0n) is 25.2. The Morgan fingerprint density at radius 1 is 0.800 bits per heavy atom. The maximum absolute atomic E-state index is 11.6. The summed E-state index contributed by atoms with van der Waals surface area (Å²) in [5.74, 6) is -0.814. The van der Waals surface area contributed by atoms with E-state index in [1.54, 1.807) is 6.08 Å². The van der Waals surface area contributed by atoms with E-state index >= 15 is 0 Å². The second kappa shape index (κ2) is 23.1. The Morgan fingerprint density at radius 2 is 1.27 bits per heavy atom. The molecule has 0 bridgehead atoms. The van der Waals surface area contributed by atoms with Crippen LogP contribution in [0.15, 0.2) is 12.2 Å². The summed E-state index contributed by atoms with van der Waals surface area (Å²) in [6.07, 6.45) is 16.8. The maximum atomic E-state index is 11.6. The van der Waals surface area contributed by atoms with Gasteiger partial charge in [-0.1, -0.05) is 90.0 Å². The van der Waals surface area contributed by atoms with Crippen molar-refractivity contribution in [1.29, 1.82) is 0 Å². The van der Waals surface area contributed by atoms with Crippen LogP contribution in [0.2, 0.25) is 0 Å². The van der Waals surface area contributed by atoms with Crippen molar-refractivity contribution in [2.24, 2.45) is 0 Å². The zero-order valence-corrected chi connectivity index (χ0v) is 25.2. The molecule has 0 fully saturated rings. The summed E-state index contributed by atoms with van der Waals surface area (Å²) in [6, 6.07) is 0. The van der Waals surface area contributed by atoms with Gasteiger partial charge in [0.05, 0.1) is 24.4 Å². The quantitative estimate of drug-likeness (QED) is 0.0816. The largest absolute Gasteiger partial charge is 0.462 e. The van der Waals surface area contributed by atoms with Crippen molar-refractivity contribution in [3.05, 3.63) is 12.2 Å². The third kappa shape index (κ3) is 20.4. The van der Waals surface area contributed by atoms with Gasteiger partial charge in [0, 0.05) is 32.3 Å². The molecule has 4 N–H and O–H groups in total. The van der Waals surface area contributed by atoms with Gasteiger partial charge in [-0.25, -0.2) is 4.79 Å². The topological polar surface area (TPSA) is 134 Å². The molecule has 0 saturated heterocycles. The van der Waals surface area contributed by atoms with Crippen molar-refractivity contribution in [1.82, 2.24) is 0 Å². The zero-order chi connectivity index (χ0) is 29.6. The first kappa shape index (κ1) is 36.5. The van der Waals surface area contributed by atoms with Crippen LogP contribution in [0.25, 0.3) is 0 Å². The van der Waals surface area contributed by atoms with Crippen LogP contribution in [-0.2, 0) is 19.1 Å². The number of esters is 2. The van der Waals surface area contributed by atoms with E-state index in [0.29, 0.717) is 12.8 Å². The van der Waals surface area contributed by atoms with Gasteiger partial charge >= 0.3 is 11.9 Å². The minimum Gasteiger partial charge on any atom is -0.462 e. The Hall–Kier alpha value is -1.48. The van der Waals surface area contributed by atoms with Crippen LogP contribution in [0.4, 0.5) is 0 Å². The second-order valence-electron chi connectivity index (χ2n) is 11.8. The molecule has 0 aliphatic carbocycles. The van der Waals surface area contributed by atoms with Crippen LogP contribution in [0.5, 0.6) is 0 Å². The van der Waals surface area contributed by atoms with Crippen LogP contribution in [0.1, 0.15) is 142 Å². The van der Waals surface area contributed by atoms with E-state index in [1.807, 2.05) is 0 Å². The lowest BCUT2D eigenvalue weighted by Gasteiger charge is -2.25. The van der Waals surface area contributed by atoms with Crippen LogP contribution < -0.4 is 0 Å². The van der Waals surface area contributed by atoms with Gasteiger partial charge in [-0.2, -0.15) is 0 Å². The fraction of sp³-hybridized carbons (Fsp3) is 0.875. The number of carbonyl (C=O) groups excluding carboxylic acids is 2. The molecule has 0 radical (unpaired) electrons. The molecule has 0 spiro atoms. The predicted molar refractivity (Wildman–Crippen MR) is 157 cm³/mol. The first-order chi connectivity index (χ1) is 19.2. The van der Waals surface area contributed by atoms with Gasteiger partial charge in [0.2, 0.25) is 0 Å². The molecule has 1 heterocycles. The number of ether oxygens (including phenoxy) is 2. The molecule has 0 amide bonds. The molecule has 1 aliphatic heterocycles. The van der Waals surface area contributed by atoms with E-state index in [2.05, 4.69) is 6.92 Å². The molecule has 0 aromatic heterocycles. The highest BCUT2D eigenvalue weighted by molar-refractivity contribution is 5.82. The Morgan fingerprint density at radius 3 is 1.77 bits per heavy atom. The average Bonchev–Trinajstić information content (AvgIpc) is 2.86. The predicted octanol–water partition coefficient (Wildman–Crippen LogP) is 5.67. The number of hydrogen-bond donors (Lipinski definition) is 4.